The second-order valence-corrected chi connectivity index (χ2v) is 4.44. The summed E-state index contributed by atoms with van der Waals surface area (Å²) in [6.45, 7) is 0. The topological polar surface area (TPSA) is 46.5 Å². The average molecular weight is 311 g/mol. The number of ether oxygens (including phenoxy) is 1. The van der Waals surface area contributed by atoms with Gasteiger partial charge in [0.2, 0.25) is 0 Å². The molecule has 0 atom stereocenters. The summed E-state index contributed by atoms with van der Waals surface area (Å²) in [6.07, 6.45) is 2.26. The normalized spacial score (nSPS) is 10.8. The molecular weight excluding hydrogens is 302 g/mol. The van der Waals surface area contributed by atoms with E-state index in [0.717, 1.165) is 24.3 Å². The van der Waals surface area contributed by atoms with Crippen molar-refractivity contribution in [1.82, 2.24) is 0 Å². The first-order chi connectivity index (χ1) is 9.95. The number of benzene rings is 2. The molecule has 0 spiro atoms. The number of halogens is 3. The Morgan fingerprint density at radius 1 is 1.19 bits per heavy atom. The number of rotatable bonds is 4. The minimum Gasteiger partial charge on any atom is -0.478 e. The zero-order valence-corrected chi connectivity index (χ0v) is 11.3. The molecule has 0 fully saturated rings. The first kappa shape index (κ1) is 15.0. The number of hydrogen-bond donors (Lipinski definition) is 1. The average Bonchev–Trinajstić information content (AvgIpc) is 2.42. The third-order valence-electron chi connectivity index (χ3n) is 2.50. The van der Waals surface area contributed by atoms with Gasteiger partial charge in [0.05, 0.1) is 5.02 Å². The molecule has 0 aromatic heterocycles. The van der Waals surface area contributed by atoms with Gasteiger partial charge in [0.1, 0.15) is 11.6 Å². The van der Waals surface area contributed by atoms with Gasteiger partial charge in [-0.2, -0.15) is 0 Å². The van der Waals surface area contributed by atoms with Crippen molar-refractivity contribution in [3.05, 3.63) is 64.7 Å². The summed E-state index contributed by atoms with van der Waals surface area (Å²) in [5, 5.41) is 8.76. The van der Waals surface area contributed by atoms with Gasteiger partial charge in [-0.3, -0.25) is 0 Å². The van der Waals surface area contributed by atoms with Gasteiger partial charge in [0, 0.05) is 18.2 Å². The smallest absolute Gasteiger partial charge is 0.328 e. The van der Waals surface area contributed by atoms with Crippen LogP contribution in [0.3, 0.4) is 0 Å². The van der Waals surface area contributed by atoms with Crippen molar-refractivity contribution >= 4 is 23.6 Å². The van der Waals surface area contributed by atoms with Crippen LogP contribution in [-0.2, 0) is 4.79 Å². The summed E-state index contributed by atoms with van der Waals surface area (Å²) in [7, 11) is 0. The number of carboxylic acid groups (broad SMARTS) is 1. The van der Waals surface area contributed by atoms with Gasteiger partial charge in [0.25, 0.3) is 0 Å². The van der Waals surface area contributed by atoms with Crippen LogP contribution in [0.2, 0.25) is 5.02 Å². The summed E-state index contributed by atoms with van der Waals surface area (Å²) in [4.78, 5) is 10.4. The van der Waals surface area contributed by atoms with Crippen molar-refractivity contribution in [1.29, 1.82) is 0 Å². The zero-order valence-electron chi connectivity index (χ0n) is 10.5. The quantitative estimate of drug-likeness (QED) is 0.845. The number of carbonyl (C=O) groups is 1. The Balaban J connectivity index is 2.24. The Labute approximate surface area is 124 Å². The highest BCUT2D eigenvalue weighted by atomic mass is 35.5. The molecule has 0 radical (unpaired) electrons. The Morgan fingerprint density at radius 3 is 2.62 bits per heavy atom. The number of hydrogen-bond acceptors (Lipinski definition) is 2. The fraction of sp³-hybridized carbons (Fsp3) is 0. The highest BCUT2D eigenvalue weighted by molar-refractivity contribution is 6.32. The van der Waals surface area contributed by atoms with Crippen LogP contribution in [0.1, 0.15) is 5.56 Å². The fourth-order valence-electron chi connectivity index (χ4n) is 1.55. The second-order valence-electron chi connectivity index (χ2n) is 4.03. The molecule has 2 rings (SSSR count). The molecule has 0 aliphatic rings. The molecule has 2 aromatic rings. The monoisotopic (exact) mass is 310 g/mol. The summed E-state index contributed by atoms with van der Waals surface area (Å²) in [5.74, 6) is -2.49. The van der Waals surface area contributed by atoms with Crippen LogP contribution in [0, 0.1) is 11.6 Å². The van der Waals surface area contributed by atoms with Gasteiger partial charge >= 0.3 is 5.97 Å². The van der Waals surface area contributed by atoms with Crippen molar-refractivity contribution in [2.75, 3.05) is 0 Å². The van der Waals surface area contributed by atoms with E-state index in [-0.39, 0.29) is 16.5 Å². The van der Waals surface area contributed by atoms with Crippen molar-refractivity contribution in [3.8, 4) is 11.5 Å². The first-order valence-electron chi connectivity index (χ1n) is 5.79. The Kier molecular flexibility index (Phi) is 4.55. The van der Waals surface area contributed by atoms with Crippen LogP contribution < -0.4 is 4.74 Å². The third-order valence-corrected chi connectivity index (χ3v) is 2.83. The highest BCUT2D eigenvalue weighted by Gasteiger charge is 2.08. The van der Waals surface area contributed by atoms with Gasteiger partial charge in [-0.05, 0) is 35.9 Å². The Morgan fingerprint density at radius 2 is 1.95 bits per heavy atom. The van der Waals surface area contributed by atoms with E-state index in [1.165, 1.54) is 24.3 Å². The molecule has 0 saturated heterocycles. The van der Waals surface area contributed by atoms with Crippen LogP contribution in [-0.4, -0.2) is 11.1 Å². The van der Waals surface area contributed by atoms with Gasteiger partial charge in [-0.15, -0.1) is 0 Å². The third kappa shape index (κ3) is 4.03. The Bertz CT molecular complexity index is 714. The second kappa shape index (κ2) is 6.37. The molecule has 0 unspecified atom stereocenters. The summed E-state index contributed by atoms with van der Waals surface area (Å²) < 4.78 is 31.7. The molecule has 1 N–H and O–H groups in total. The molecule has 21 heavy (non-hydrogen) atoms. The number of aliphatic carboxylic acids is 1. The minimum absolute atomic E-state index is 0.206. The van der Waals surface area contributed by atoms with Gasteiger partial charge in [-0.1, -0.05) is 11.6 Å². The van der Waals surface area contributed by atoms with Crippen LogP contribution in [0.4, 0.5) is 8.78 Å². The van der Waals surface area contributed by atoms with Crippen molar-refractivity contribution in [2.24, 2.45) is 0 Å². The standard InChI is InChI=1S/C15H9ClF2O3/c16-12-8-11(4-1-9(12)2-6-15(19)20)21-14-7-10(17)3-5-13(14)18/h1-8H,(H,19,20)/b6-2+. The summed E-state index contributed by atoms with van der Waals surface area (Å²) in [5.41, 5.74) is 0.464. The molecule has 108 valence electrons. The molecule has 3 nitrogen and oxygen atoms in total. The van der Waals surface area contributed by atoms with Crippen LogP contribution in [0.25, 0.3) is 6.08 Å². The largest absolute Gasteiger partial charge is 0.478 e. The molecule has 0 heterocycles. The maximum absolute atomic E-state index is 13.4. The maximum atomic E-state index is 13.4. The molecule has 0 saturated carbocycles. The van der Waals surface area contributed by atoms with Gasteiger partial charge < -0.3 is 9.84 Å². The van der Waals surface area contributed by atoms with E-state index in [0.29, 0.717) is 5.56 Å². The van der Waals surface area contributed by atoms with E-state index >= 15 is 0 Å². The van der Waals surface area contributed by atoms with Crippen LogP contribution in [0.5, 0.6) is 11.5 Å². The lowest BCUT2D eigenvalue weighted by atomic mass is 10.2. The van der Waals surface area contributed by atoms with E-state index < -0.39 is 17.6 Å². The number of carboxylic acids is 1. The van der Waals surface area contributed by atoms with Crippen molar-refractivity contribution in [2.45, 2.75) is 0 Å². The van der Waals surface area contributed by atoms with E-state index in [1.54, 1.807) is 0 Å². The highest BCUT2D eigenvalue weighted by Crippen LogP contribution is 2.29. The van der Waals surface area contributed by atoms with Crippen LogP contribution >= 0.6 is 11.6 Å². The summed E-state index contributed by atoms with van der Waals surface area (Å²) >= 11 is 5.96. The SMILES string of the molecule is O=C(O)/C=C/c1ccc(Oc2cc(F)ccc2F)cc1Cl. The lowest BCUT2D eigenvalue weighted by Crippen LogP contribution is -1.90. The van der Waals surface area contributed by atoms with Gasteiger partial charge in [-0.25, -0.2) is 13.6 Å². The van der Waals surface area contributed by atoms with Crippen LogP contribution in [0.15, 0.2) is 42.5 Å². The first-order valence-corrected chi connectivity index (χ1v) is 6.17. The molecule has 0 amide bonds. The lowest BCUT2D eigenvalue weighted by molar-refractivity contribution is -0.131. The van der Waals surface area contributed by atoms with E-state index in [2.05, 4.69) is 0 Å². The molecule has 2 aromatic carbocycles. The fourth-order valence-corrected chi connectivity index (χ4v) is 1.78. The molecule has 6 heteroatoms. The minimum atomic E-state index is -1.10. The van der Waals surface area contributed by atoms with E-state index in [1.807, 2.05) is 0 Å². The molecule has 0 aliphatic heterocycles. The predicted octanol–water partition coefficient (Wildman–Crippen LogP) is 4.51. The molecule has 0 bridgehead atoms. The maximum Gasteiger partial charge on any atom is 0.328 e. The predicted molar refractivity (Wildman–Crippen MR) is 74.6 cm³/mol. The van der Waals surface area contributed by atoms with Gasteiger partial charge in [0.15, 0.2) is 11.6 Å². The van der Waals surface area contributed by atoms with Crippen molar-refractivity contribution in [3.63, 3.8) is 0 Å². The lowest BCUT2D eigenvalue weighted by Gasteiger charge is -2.08. The Hall–Kier alpha value is -2.40. The molecule has 0 aliphatic carbocycles. The van der Waals surface area contributed by atoms with Crippen molar-refractivity contribution < 1.29 is 23.4 Å². The zero-order chi connectivity index (χ0) is 15.4. The molecular formula is C15H9ClF2O3. The van der Waals surface area contributed by atoms with E-state index in [4.69, 9.17) is 21.4 Å². The van der Waals surface area contributed by atoms with E-state index in [9.17, 15) is 13.6 Å². The summed E-state index contributed by atoms with van der Waals surface area (Å²) in [6, 6.07) is 7.21.